The molecule has 0 unspecified atom stereocenters. The Morgan fingerprint density at radius 1 is 1.29 bits per heavy atom. The summed E-state index contributed by atoms with van der Waals surface area (Å²) in [6, 6.07) is 7.21. The van der Waals surface area contributed by atoms with Gasteiger partial charge in [-0.3, -0.25) is 9.78 Å². The van der Waals surface area contributed by atoms with Crippen molar-refractivity contribution in [3.05, 3.63) is 40.8 Å². The maximum absolute atomic E-state index is 12.4. The van der Waals surface area contributed by atoms with E-state index in [0.29, 0.717) is 33.6 Å². The second-order valence-electron chi connectivity index (χ2n) is 4.22. The molecule has 0 saturated carbocycles. The highest BCUT2D eigenvalue weighted by Gasteiger charge is 2.15. The van der Waals surface area contributed by atoms with Gasteiger partial charge < -0.3 is 5.73 Å². The Morgan fingerprint density at radius 2 is 2.14 bits per heavy atom. The average molecular weight is 300 g/mol. The summed E-state index contributed by atoms with van der Waals surface area (Å²) in [7, 11) is 0. The Balaban J connectivity index is 2.22. The summed E-state index contributed by atoms with van der Waals surface area (Å²) < 4.78 is 1.39. The van der Waals surface area contributed by atoms with Crippen LogP contribution in [-0.2, 0) is 6.54 Å². The maximum Gasteiger partial charge on any atom is 0.277 e. The van der Waals surface area contributed by atoms with Gasteiger partial charge in [0.25, 0.3) is 5.56 Å². The minimum Gasteiger partial charge on any atom is -0.374 e. The third kappa shape index (κ3) is 2.52. The molecule has 8 heteroatoms. The van der Waals surface area contributed by atoms with Crippen LogP contribution in [0.3, 0.4) is 0 Å². The molecule has 0 fully saturated rings. The van der Waals surface area contributed by atoms with E-state index in [9.17, 15) is 4.79 Å². The average Bonchev–Trinajstić information content (AvgIpc) is 2.95. The van der Waals surface area contributed by atoms with Crippen LogP contribution in [0.1, 0.15) is 6.92 Å². The molecule has 106 valence electrons. The number of nitrogen functional groups attached to an aromatic ring is 1. The Bertz CT molecular complexity index is 826. The zero-order chi connectivity index (χ0) is 14.8. The molecule has 0 spiro atoms. The van der Waals surface area contributed by atoms with Gasteiger partial charge in [-0.1, -0.05) is 17.4 Å². The lowest BCUT2D eigenvalue weighted by Crippen LogP contribution is -2.24. The van der Waals surface area contributed by atoms with Gasteiger partial charge >= 0.3 is 0 Å². The molecule has 21 heavy (non-hydrogen) atoms. The SMILES string of the molecule is CCn1nc(-c2ccccn2)cc(-c2nnc(N)s2)c1=O. The molecule has 3 aromatic heterocycles. The first kappa shape index (κ1) is 13.4. The number of rotatable bonds is 3. The molecule has 0 amide bonds. The predicted molar refractivity (Wildman–Crippen MR) is 80.7 cm³/mol. The van der Waals surface area contributed by atoms with Gasteiger partial charge in [0, 0.05) is 12.7 Å². The van der Waals surface area contributed by atoms with Crippen LogP contribution in [0.5, 0.6) is 0 Å². The Kier molecular flexibility index (Phi) is 3.44. The van der Waals surface area contributed by atoms with Crippen LogP contribution in [0.2, 0.25) is 0 Å². The van der Waals surface area contributed by atoms with Crippen molar-refractivity contribution < 1.29 is 0 Å². The molecule has 3 aromatic rings. The molecular formula is C13H12N6OS. The van der Waals surface area contributed by atoms with Crippen molar-refractivity contribution in [2.75, 3.05) is 5.73 Å². The lowest BCUT2D eigenvalue weighted by atomic mass is 10.2. The standard InChI is InChI=1S/C13H12N6OS/c1-2-19-12(20)8(11-16-17-13(14)21-11)7-10(18-19)9-5-3-4-6-15-9/h3-7H,2H2,1H3,(H2,14,17). The molecular weight excluding hydrogens is 288 g/mol. The van der Waals surface area contributed by atoms with E-state index in [4.69, 9.17) is 5.73 Å². The molecule has 7 nitrogen and oxygen atoms in total. The molecule has 0 aromatic carbocycles. The van der Waals surface area contributed by atoms with E-state index in [1.54, 1.807) is 12.3 Å². The largest absolute Gasteiger partial charge is 0.374 e. The minimum atomic E-state index is -0.215. The first-order valence-corrected chi connectivity index (χ1v) is 7.13. The topological polar surface area (TPSA) is 99.6 Å². The molecule has 0 bridgehead atoms. The van der Waals surface area contributed by atoms with Crippen LogP contribution in [0.4, 0.5) is 5.13 Å². The normalized spacial score (nSPS) is 10.7. The van der Waals surface area contributed by atoms with Gasteiger partial charge in [-0.15, -0.1) is 10.2 Å². The monoisotopic (exact) mass is 300 g/mol. The molecule has 0 aliphatic carbocycles. The highest BCUT2D eigenvalue weighted by molar-refractivity contribution is 7.18. The molecule has 0 aliphatic rings. The maximum atomic E-state index is 12.4. The number of hydrogen-bond acceptors (Lipinski definition) is 7. The van der Waals surface area contributed by atoms with Gasteiger partial charge in [0.05, 0.1) is 11.3 Å². The van der Waals surface area contributed by atoms with Crippen LogP contribution in [-0.4, -0.2) is 25.0 Å². The Hall–Kier alpha value is -2.61. The van der Waals surface area contributed by atoms with Crippen LogP contribution < -0.4 is 11.3 Å². The molecule has 0 aliphatic heterocycles. The summed E-state index contributed by atoms with van der Waals surface area (Å²) >= 11 is 1.17. The summed E-state index contributed by atoms with van der Waals surface area (Å²) in [4.78, 5) is 16.6. The highest BCUT2D eigenvalue weighted by Crippen LogP contribution is 2.24. The van der Waals surface area contributed by atoms with E-state index in [1.165, 1.54) is 16.0 Å². The van der Waals surface area contributed by atoms with Crippen molar-refractivity contribution in [1.82, 2.24) is 25.0 Å². The second-order valence-corrected chi connectivity index (χ2v) is 5.23. The van der Waals surface area contributed by atoms with Crippen LogP contribution in [0.25, 0.3) is 22.0 Å². The third-order valence-electron chi connectivity index (χ3n) is 2.87. The minimum absolute atomic E-state index is 0.215. The van der Waals surface area contributed by atoms with Crippen molar-refractivity contribution in [1.29, 1.82) is 0 Å². The summed E-state index contributed by atoms with van der Waals surface area (Å²) in [5.41, 5.74) is 7.12. The van der Waals surface area contributed by atoms with Crippen molar-refractivity contribution in [2.45, 2.75) is 13.5 Å². The number of nitrogens with zero attached hydrogens (tertiary/aromatic N) is 5. The molecule has 0 saturated heterocycles. The predicted octanol–water partition coefficient (Wildman–Crippen LogP) is 1.43. The summed E-state index contributed by atoms with van der Waals surface area (Å²) in [5, 5.41) is 12.8. The number of aryl methyl sites for hydroxylation is 1. The van der Waals surface area contributed by atoms with Gasteiger partial charge in [0.15, 0.2) is 5.01 Å². The number of hydrogen-bond donors (Lipinski definition) is 1. The van der Waals surface area contributed by atoms with Crippen LogP contribution in [0.15, 0.2) is 35.3 Å². The van der Waals surface area contributed by atoms with E-state index >= 15 is 0 Å². The fourth-order valence-electron chi connectivity index (χ4n) is 1.89. The molecule has 0 atom stereocenters. The first-order chi connectivity index (χ1) is 10.2. The van der Waals surface area contributed by atoms with Gasteiger partial charge in [0.1, 0.15) is 5.69 Å². The van der Waals surface area contributed by atoms with Crippen molar-refractivity contribution >= 4 is 16.5 Å². The smallest absolute Gasteiger partial charge is 0.277 e. The third-order valence-corrected chi connectivity index (χ3v) is 3.66. The van der Waals surface area contributed by atoms with Crippen molar-refractivity contribution in [2.24, 2.45) is 0 Å². The molecule has 3 rings (SSSR count). The molecule has 0 radical (unpaired) electrons. The lowest BCUT2D eigenvalue weighted by Gasteiger charge is -2.07. The summed E-state index contributed by atoms with van der Waals surface area (Å²) in [6.45, 7) is 2.32. The molecule has 2 N–H and O–H groups in total. The van der Waals surface area contributed by atoms with E-state index < -0.39 is 0 Å². The first-order valence-electron chi connectivity index (χ1n) is 6.32. The van der Waals surface area contributed by atoms with Crippen LogP contribution in [0, 0.1) is 0 Å². The Labute approximate surface area is 124 Å². The van der Waals surface area contributed by atoms with Crippen molar-refractivity contribution in [3.8, 4) is 22.0 Å². The summed E-state index contributed by atoms with van der Waals surface area (Å²) in [6.07, 6.45) is 1.68. The zero-order valence-corrected chi connectivity index (χ0v) is 12.0. The van der Waals surface area contributed by atoms with Crippen LogP contribution >= 0.6 is 11.3 Å². The highest BCUT2D eigenvalue weighted by atomic mass is 32.1. The number of anilines is 1. The second kappa shape index (κ2) is 5.41. The quantitative estimate of drug-likeness (QED) is 0.785. The summed E-state index contributed by atoms with van der Waals surface area (Å²) in [5.74, 6) is 0. The fourth-order valence-corrected chi connectivity index (χ4v) is 2.51. The van der Waals surface area contributed by atoms with Gasteiger partial charge in [0.2, 0.25) is 5.13 Å². The zero-order valence-electron chi connectivity index (χ0n) is 11.2. The lowest BCUT2D eigenvalue weighted by molar-refractivity contribution is 0.620. The fraction of sp³-hybridized carbons (Fsp3) is 0.154. The van der Waals surface area contributed by atoms with E-state index in [0.717, 1.165) is 0 Å². The Morgan fingerprint density at radius 3 is 2.76 bits per heavy atom. The van der Waals surface area contributed by atoms with Gasteiger partial charge in [-0.25, -0.2) is 4.68 Å². The van der Waals surface area contributed by atoms with E-state index in [-0.39, 0.29) is 5.56 Å². The van der Waals surface area contributed by atoms with Gasteiger partial charge in [-0.05, 0) is 25.1 Å². The number of pyridine rings is 1. The van der Waals surface area contributed by atoms with E-state index in [2.05, 4.69) is 20.3 Å². The van der Waals surface area contributed by atoms with Crippen molar-refractivity contribution in [3.63, 3.8) is 0 Å². The number of aromatic nitrogens is 5. The van der Waals surface area contributed by atoms with Gasteiger partial charge in [-0.2, -0.15) is 5.10 Å². The molecule has 3 heterocycles. The number of nitrogens with two attached hydrogens (primary N) is 1. The van der Waals surface area contributed by atoms with E-state index in [1.807, 2.05) is 25.1 Å².